The minimum Gasteiger partial charge on any atom is -0.497 e. The molecule has 0 saturated carbocycles. The molecule has 1 unspecified atom stereocenters. The van der Waals surface area contributed by atoms with Crippen LogP contribution in [0.4, 0.5) is 19.3 Å². The Morgan fingerprint density at radius 2 is 1.96 bits per heavy atom. The standard InChI is InChI=1S/C20H22F2N2O3S/c1-26-14-4-6-17(18(12-14)27-2)23-20(25)24-8-7-19(28-10-9-24)15-11-13(21)3-5-16(15)22/h3-6,11-12,19H,7-10H2,1-2H3,(H,23,25). The smallest absolute Gasteiger partial charge is 0.321 e. The molecule has 150 valence electrons. The van der Waals surface area contributed by atoms with Crippen molar-refractivity contribution in [2.45, 2.75) is 11.7 Å². The number of halogens is 2. The van der Waals surface area contributed by atoms with Crippen LogP contribution in [0, 0.1) is 11.6 Å². The van der Waals surface area contributed by atoms with Gasteiger partial charge in [0.1, 0.15) is 23.1 Å². The van der Waals surface area contributed by atoms with Gasteiger partial charge in [-0.2, -0.15) is 11.8 Å². The number of methoxy groups -OCH3 is 2. The molecule has 1 N–H and O–H groups in total. The number of carbonyl (C=O) groups is 1. The number of nitrogens with one attached hydrogen (secondary N) is 1. The van der Waals surface area contributed by atoms with E-state index >= 15 is 0 Å². The molecule has 1 atom stereocenters. The molecule has 0 radical (unpaired) electrons. The first-order valence-corrected chi connectivity index (χ1v) is 9.91. The van der Waals surface area contributed by atoms with E-state index in [2.05, 4.69) is 5.32 Å². The van der Waals surface area contributed by atoms with Crippen molar-refractivity contribution in [3.8, 4) is 11.5 Å². The van der Waals surface area contributed by atoms with Gasteiger partial charge in [-0.15, -0.1) is 0 Å². The Morgan fingerprint density at radius 3 is 2.71 bits per heavy atom. The summed E-state index contributed by atoms with van der Waals surface area (Å²) in [7, 11) is 3.07. The predicted octanol–water partition coefficient (Wildman–Crippen LogP) is 4.69. The predicted molar refractivity (Wildman–Crippen MR) is 106 cm³/mol. The summed E-state index contributed by atoms with van der Waals surface area (Å²) in [5.74, 6) is 0.883. The van der Waals surface area contributed by atoms with Gasteiger partial charge in [-0.25, -0.2) is 13.6 Å². The van der Waals surface area contributed by atoms with E-state index < -0.39 is 11.6 Å². The van der Waals surface area contributed by atoms with Crippen LogP contribution >= 0.6 is 11.8 Å². The highest BCUT2D eigenvalue weighted by Crippen LogP contribution is 2.36. The SMILES string of the molecule is COc1ccc(NC(=O)N2CCSC(c3cc(F)ccc3F)CC2)c(OC)c1. The monoisotopic (exact) mass is 408 g/mol. The topological polar surface area (TPSA) is 50.8 Å². The van der Waals surface area contributed by atoms with E-state index in [1.165, 1.54) is 24.9 Å². The molecule has 8 heteroatoms. The third-order valence-electron chi connectivity index (χ3n) is 4.58. The van der Waals surface area contributed by atoms with Crippen LogP contribution in [-0.4, -0.2) is 44.0 Å². The lowest BCUT2D eigenvalue weighted by atomic mass is 10.1. The molecule has 0 aromatic heterocycles. The average molecular weight is 408 g/mol. The Balaban J connectivity index is 1.67. The number of nitrogens with zero attached hydrogens (tertiary/aromatic N) is 1. The zero-order valence-corrected chi connectivity index (χ0v) is 16.5. The van der Waals surface area contributed by atoms with E-state index in [0.29, 0.717) is 48.0 Å². The van der Waals surface area contributed by atoms with Gasteiger partial charge in [-0.05, 0) is 36.8 Å². The summed E-state index contributed by atoms with van der Waals surface area (Å²) in [5, 5.41) is 2.66. The quantitative estimate of drug-likeness (QED) is 0.797. The maximum absolute atomic E-state index is 14.1. The van der Waals surface area contributed by atoms with Crippen molar-refractivity contribution in [1.29, 1.82) is 0 Å². The third-order valence-corrected chi connectivity index (χ3v) is 5.89. The molecule has 1 aliphatic rings. The second-order valence-corrected chi connectivity index (χ2v) is 7.61. The normalized spacial score (nSPS) is 17.0. The summed E-state index contributed by atoms with van der Waals surface area (Å²) >= 11 is 1.53. The highest BCUT2D eigenvalue weighted by atomic mass is 32.2. The van der Waals surface area contributed by atoms with Crippen molar-refractivity contribution in [2.75, 3.05) is 38.4 Å². The lowest BCUT2D eigenvalue weighted by Gasteiger charge is -2.22. The number of thioether (sulfide) groups is 1. The summed E-state index contributed by atoms with van der Waals surface area (Å²) in [6, 6.07) is 8.39. The number of rotatable bonds is 4. The first kappa shape index (κ1) is 20.3. The van der Waals surface area contributed by atoms with Crippen molar-refractivity contribution in [3.63, 3.8) is 0 Å². The van der Waals surface area contributed by atoms with Gasteiger partial charge in [0.15, 0.2) is 0 Å². The Bertz CT molecular complexity index is 850. The van der Waals surface area contributed by atoms with Gasteiger partial charge in [-0.1, -0.05) is 0 Å². The molecule has 1 heterocycles. The summed E-state index contributed by atoms with van der Waals surface area (Å²) in [6.45, 7) is 0.959. The van der Waals surface area contributed by atoms with Crippen molar-refractivity contribution in [2.24, 2.45) is 0 Å². The number of benzene rings is 2. The Kier molecular flexibility index (Phi) is 6.61. The molecular formula is C20H22F2N2O3S. The summed E-state index contributed by atoms with van der Waals surface area (Å²) in [6.07, 6.45) is 0.540. The van der Waals surface area contributed by atoms with Gasteiger partial charge < -0.3 is 19.7 Å². The summed E-state index contributed by atoms with van der Waals surface area (Å²) in [5.41, 5.74) is 0.891. The fourth-order valence-corrected chi connectivity index (χ4v) is 4.32. The number of urea groups is 1. The average Bonchev–Trinajstić information content (AvgIpc) is 2.96. The van der Waals surface area contributed by atoms with E-state index in [-0.39, 0.29) is 11.3 Å². The fourth-order valence-electron chi connectivity index (χ4n) is 3.08. The molecule has 0 aliphatic carbocycles. The van der Waals surface area contributed by atoms with E-state index in [4.69, 9.17) is 9.47 Å². The van der Waals surface area contributed by atoms with Gasteiger partial charge in [-0.3, -0.25) is 0 Å². The zero-order valence-electron chi connectivity index (χ0n) is 15.7. The molecule has 3 rings (SSSR count). The molecule has 1 fully saturated rings. The maximum Gasteiger partial charge on any atom is 0.321 e. The Hall–Kier alpha value is -2.48. The Labute approximate surface area is 167 Å². The Morgan fingerprint density at radius 1 is 1.14 bits per heavy atom. The van der Waals surface area contributed by atoms with Crippen LogP contribution in [-0.2, 0) is 0 Å². The lowest BCUT2D eigenvalue weighted by molar-refractivity contribution is 0.215. The minimum atomic E-state index is -0.456. The zero-order chi connectivity index (χ0) is 20.1. The largest absolute Gasteiger partial charge is 0.497 e. The third kappa shape index (κ3) is 4.67. The molecule has 28 heavy (non-hydrogen) atoms. The van der Waals surface area contributed by atoms with Gasteiger partial charge in [0.05, 0.1) is 19.9 Å². The first-order chi connectivity index (χ1) is 13.5. The van der Waals surface area contributed by atoms with Crippen molar-refractivity contribution in [1.82, 2.24) is 4.90 Å². The molecule has 5 nitrogen and oxygen atoms in total. The number of ether oxygens (including phenoxy) is 2. The van der Waals surface area contributed by atoms with Crippen LogP contribution in [0.5, 0.6) is 11.5 Å². The van der Waals surface area contributed by atoms with E-state index in [1.54, 1.807) is 30.2 Å². The second-order valence-electron chi connectivity index (χ2n) is 6.30. The number of anilines is 1. The van der Waals surface area contributed by atoms with Crippen LogP contribution in [0.25, 0.3) is 0 Å². The molecule has 0 spiro atoms. The van der Waals surface area contributed by atoms with E-state index in [1.807, 2.05) is 0 Å². The van der Waals surface area contributed by atoms with Crippen molar-refractivity contribution >= 4 is 23.5 Å². The van der Waals surface area contributed by atoms with E-state index in [0.717, 1.165) is 12.1 Å². The highest BCUT2D eigenvalue weighted by Gasteiger charge is 2.24. The maximum atomic E-state index is 14.1. The molecule has 2 aromatic rings. The number of hydrogen-bond acceptors (Lipinski definition) is 4. The molecule has 0 bridgehead atoms. The van der Waals surface area contributed by atoms with Crippen molar-refractivity contribution in [3.05, 3.63) is 53.6 Å². The molecular weight excluding hydrogens is 386 g/mol. The first-order valence-electron chi connectivity index (χ1n) is 8.86. The van der Waals surface area contributed by atoms with Gasteiger partial charge in [0, 0.05) is 35.7 Å². The lowest BCUT2D eigenvalue weighted by Crippen LogP contribution is -2.36. The number of carbonyl (C=O) groups excluding carboxylic acids is 1. The van der Waals surface area contributed by atoms with Gasteiger partial charge in [0.2, 0.25) is 0 Å². The highest BCUT2D eigenvalue weighted by molar-refractivity contribution is 7.99. The molecule has 2 amide bonds. The van der Waals surface area contributed by atoms with Crippen LogP contribution < -0.4 is 14.8 Å². The van der Waals surface area contributed by atoms with Crippen LogP contribution in [0.3, 0.4) is 0 Å². The van der Waals surface area contributed by atoms with Crippen LogP contribution in [0.1, 0.15) is 17.2 Å². The number of hydrogen-bond donors (Lipinski definition) is 1. The fraction of sp³-hybridized carbons (Fsp3) is 0.350. The molecule has 2 aromatic carbocycles. The molecule has 1 saturated heterocycles. The number of amides is 2. The summed E-state index contributed by atoms with van der Waals surface area (Å²) < 4.78 is 38.0. The van der Waals surface area contributed by atoms with Gasteiger partial charge in [0.25, 0.3) is 0 Å². The van der Waals surface area contributed by atoms with Gasteiger partial charge >= 0.3 is 6.03 Å². The summed E-state index contributed by atoms with van der Waals surface area (Å²) in [4.78, 5) is 14.4. The van der Waals surface area contributed by atoms with Crippen LogP contribution in [0.15, 0.2) is 36.4 Å². The van der Waals surface area contributed by atoms with Crippen LogP contribution in [0.2, 0.25) is 0 Å². The molecule has 1 aliphatic heterocycles. The minimum absolute atomic E-state index is 0.191. The van der Waals surface area contributed by atoms with E-state index in [9.17, 15) is 13.6 Å². The van der Waals surface area contributed by atoms with Crippen molar-refractivity contribution < 1.29 is 23.0 Å². The second kappa shape index (κ2) is 9.14.